The Bertz CT molecular complexity index is 805. The summed E-state index contributed by atoms with van der Waals surface area (Å²) >= 11 is 5.82. The minimum Gasteiger partial charge on any atom is -0.369 e. The number of anilines is 1. The molecule has 3 rings (SSSR count). The zero-order valence-corrected chi connectivity index (χ0v) is 14.2. The quantitative estimate of drug-likeness (QED) is 0.904. The highest BCUT2D eigenvalue weighted by Crippen LogP contribution is 2.20. The summed E-state index contributed by atoms with van der Waals surface area (Å²) in [5, 5.41) is 0.0321. The number of nitrogens with one attached hydrogen (secondary N) is 1. The molecule has 0 bridgehead atoms. The van der Waals surface area contributed by atoms with Crippen LogP contribution in [0.5, 0.6) is 0 Å². The zero-order valence-electron chi connectivity index (χ0n) is 13.5. The Hall–Kier alpha value is -2.34. The molecule has 24 heavy (non-hydrogen) atoms. The van der Waals surface area contributed by atoms with E-state index in [0.717, 1.165) is 30.8 Å². The van der Waals surface area contributed by atoms with Gasteiger partial charge in [0.2, 0.25) is 0 Å². The summed E-state index contributed by atoms with van der Waals surface area (Å²) in [6.45, 7) is 4.99. The fourth-order valence-corrected chi connectivity index (χ4v) is 3.12. The molecule has 1 saturated heterocycles. The number of carbonyl (C=O) groups excluding carboxylic acids is 1. The van der Waals surface area contributed by atoms with E-state index in [1.807, 2.05) is 19.2 Å². The van der Waals surface area contributed by atoms with E-state index in [1.54, 1.807) is 11.1 Å². The Balaban J connectivity index is 1.73. The van der Waals surface area contributed by atoms with Gasteiger partial charge in [0.05, 0.1) is 5.56 Å². The van der Waals surface area contributed by atoms with Crippen molar-refractivity contribution in [3.8, 4) is 0 Å². The van der Waals surface area contributed by atoms with Crippen molar-refractivity contribution in [1.82, 2.24) is 14.9 Å². The lowest BCUT2D eigenvalue weighted by atomic mass is 10.2. The second kappa shape index (κ2) is 7.05. The number of amides is 1. The summed E-state index contributed by atoms with van der Waals surface area (Å²) in [5.74, 6) is -0.110. The van der Waals surface area contributed by atoms with Gasteiger partial charge >= 0.3 is 0 Å². The second-order valence-electron chi connectivity index (χ2n) is 5.86. The van der Waals surface area contributed by atoms with E-state index in [0.29, 0.717) is 18.7 Å². The fourth-order valence-electron chi connectivity index (χ4n) is 2.94. The summed E-state index contributed by atoms with van der Waals surface area (Å²) in [7, 11) is 0. The van der Waals surface area contributed by atoms with Crippen molar-refractivity contribution in [2.24, 2.45) is 0 Å². The molecule has 0 aliphatic carbocycles. The van der Waals surface area contributed by atoms with Crippen LogP contribution in [0.2, 0.25) is 5.02 Å². The molecule has 0 radical (unpaired) electrons. The first-order chi connectivity index (χ1) is 11.6. The first-order valence-electron chi connectivity index (χ1n) is 7.89. The molecule has 0 atom stereocenters. The lowest BCUT2D eigenvalue weighted by Gasteiger charge is -2.25. The van der Waals surface area contributed by atoms with Crippen molar-refractivity contribution in [2.45, 2.75) is 13.3 Å². The van der Waals surface area contributed by atoms with Crippen molar-refractivity contribution >= 4 is 23.2 Å². The van der Waals surface area contributed by atoms with Crippen LogP contribution in [0.15, 0.2) is 35.5 Å². The summed E-state index contributed by atoms with van der Waals surface area (Å²) in [6, 6.07) is 3.44. The van der Waals surface area contributed by atoms with Gasteiger partial charge in [0, 0.05) is 50.5 Å². The maximum atomic E-state index is 12.6. The van der Waals surface area contributed by atoms with E-state index >= 15 is 0 Å². The highest BCUT2D eigenvalue weighted by molar-refractivity contribution is 6.30. The normalized spacial score (nSPS) is 15.2. The Labute approximate surface area is 145 Å². The van der Waals surface area contributed by atoms with Gasteiger partial charge in [-0.1, -0.05) is 11.6 Å². The van der Waals surface area contributed by atoms with Crippen molar-refractivity contribution < 1.29 is 4.79 Å². The number of aryl methyl sites for hydroxylation is 1. The molecule has 3 heterocycles. The average molecular weight is 347 g/mol. The number of hydrogen-bond acceptors (Lipinski definition) is 4. The summed E-state index contributed by atoms with van der Waals surface area (Å²) in [4.78, 5) is 34.7. The molecule has 0 aromatic carbocycles. The number of nitrogens with zero attached hydrogens (tertiary/aromatic N) is 3. The Morgan fingerprint density at radius 1 is 1.29 bits per heavy atom. The largest absolute Gasteiger partial charge is 0.369 e. The molecule has 2 aromatic rings. The predicted molar refractivity (Wildman–Crippen MR) is 93.8 cm³/mol. The van der Waals surface area contributed by atoms with Gasteiger partial charge in [-0.2, -0.15) is 0 Å². The van der Waals surface area contributed by atoms with Crippen LogP contribution >= 0.6 is 11.6 Å². The number of carbonyl (C=O) groups is 1. The predicted octanol–water partition coefficient (Wildman–Crippen LogP) is 2.08. The van der Waals surface area contributed by atoms with Gasteiger partial charge in [-0.15, -0.1) is 0 Å². The van der Waals surface area contributed by atoms with Gasteiger partial charge < -0.3 is 14.8 Å². The van der Waals surface area contributed by atoms with Crippen molar-refractivity contribution in [3.63, 3.8) is 0 Å². The Morgan fingerprint density at radius 3 is 2.88 bits per heavy atom. The lowest BCUT2D eigenvalue weighted by Crippen LogP contribution is -2.35. The molecular formula is C17H19ClN4O2. The molecule has 7 heteroatoms. The molecule has 126 valence electrons. The van der Waals surface area contributed by atoms with E-state index in [2.05, 4.69) is 14.9 Å². The molecule has 1 amide bonds. The number of aromatic nitrogens is 2. The molecule has 6 nitrogen and oxygen atoms in total. The van der Waals surface area contributed by atoms with Gasteiger partial charge in [0.15, 0.2) is 0 Å². The minimum atomic E-state index is -0.386. The number of aromatic amines is 1. The van der Waals surface area contributed by atoms with Crippen LogP contribution in [0.1, 0.15) is 22.3 Å². The van der Waals surface area contributed by atoms with Crippen LogP contribution in [-0.4, -0.2) is 47.0 Å². The second-order valence-corrected chi connectivity index (χ2v) is 6.27. The molecule has 2 aromatic heterocycles. The van der Waals surface area contributed by atoms with Gasteiger partial charge in [-0.3, -0.25) is 14.6 Å². The van der Waals surface area contributed by atoms with Crippen LogP contribution in [0.25, 0.3) is 0 Å². The topological polar surface area (TPSA) is 69.3 Å². The molecule has 1 aliphatic rings. The van der Waals surface area contributed by atoms with Crippen LogP contribution in [0, 0.1) is 6.92 Å². The standard InChI is InChI=1S/C17H19ClN4O2/c1-12-10-19-4-3-15(12)21-5-2-6-22(8-7-21)17(24)13-9-14(18)16(23)20-11-13/h3-4,9-11H,2,5-8H2,1H3,(H,20,23). The first-order valence-corrected chi connectivity index (χ1v) is 8.27. The third-order valence-electron chi connectivity index (χ3n) is 4.22. The van der Waals surface area contributed by atoms with Crippen molar-refractivity contribution in [1.29, 1.82) is 0 Å². The van der Waals surface area contributed by atoms with E-state index in [-0.39, 0.29) is 16.5 Å². The van der Waals surface area contributed by atoms with Crippen LogP contribution in [0.3, 0.4) is 0 Å². The summed E-state index contributed by atoms with van der Waals surface area (Å²) < 4.78 is 0. The van der Waals surface area contributed by atoms with E-state index in [9.17, 15) is 9.59 Å². The van der Waals surface area contributed by atoms with Gasteiger partial charge in [-0.05, 0) is 31.0 Å². The van der Waals surface area contributed by atoms with Gasteiger partial charge in [0.1, 0.15) is 5.02 Å². The van der Waals surface area contributed by atoms with E-state index in [4.69, 9.17) is 11.6 Å². The van der Waals surface area contributed by atoms with Crippen LogP contribution < -0.4 is 10.5 Å². The smallest absolute Gasteiger partial charge is 0.266 e. The monoisotopic (exact) mass is 346 g/mol. The molecule has 0 spiro atoms. The van der Waals surface area contributed by atoms with E-state index in [1.165, 1.54) is 12.3 Å². The number of rotatable bonds is 2. The number of pyridine rings is 2. The average Bonchev–Trinajstić information content (AvgIpc) is 2.83. The summed E-state index contributed by atoms with van der Waals surface area (Å²) in [5.41, 5.74) is 2.31. The summed E-state index contributed by atoms with van der Waals surface area (Å²) in [6.07, 6.45) is 5.95. The SMILES string of the molecule is Cc1cnccc1N1CCCN(C(=O)c2c[nH]c(=O)c(Cl)c2)CC1. The minimum absolute atomic E-state index is 0.0321. The third kappa shape index (κ3) is 3.43. The lowest BCUT2D eigenvalue weighted by molar-refractivity contribution is 0.0766. The van der Waals surface area contributed by atoms with Crippen LogP contribution in [-0.2, 0) is 0 Å². The first kappa shape index (κ1) is 16.5. The molecule has 1 fully saturated rings. The zero-order chi connectivity index (χ0) is 17.1. The molecule has 0 unspecified atom stereocenters. The molecule has 1 aliphatic heterocycles. The molecule has 1 N–H and O–H groups in total. The van der Waals surface area contributed by atoms with E-state index < -0.39 is 0 Å². The van der Waals surface area contributed by atoms with Gasteiger partial charge in [-0.25, -0.2) is 0 Å². The van der Waals surface area contributed by atoms with Crippen LogP contribution in [0.4, 0.5) is 5.69 Å². The maximum Gasteiger partial charge on any atom is 0.266 e. The van der Waals surface area contributed by atoms with Gasteiger partial charge in [0.25, 0.3) is 11.5 Å². The molecular weight excluding hydrogens is 328 g/mol. The Kier molecular flexibility index (Phi) is 4.85. The van der Waals surface area contributed by atoms with Crippen molar-refractivity contribution in [3.05, 3.63) is 57.2 Å². The highest BCUT2D eigenvalue weighted by atomic mass is 35.5. The Morgan fingerprint density at radius 2 is 2.12 bits per heavy atom. The number of halogens is 1. The fraction of sp³-hybridized carbons (Fsp3) is 0.353. The highest BCUT2D eigenvalue weighted by Gasteiger charge is 2.21. The molecule has 0 saturated carbocycles. The van der Waals surface area contributed by atoms with Crippen molar-refractivity contribution in [2.75, 3.05) is 31.1 Å². The third-order valence-corrected chi connectivity index (χ3v) is 4.50. The number of hydrogen-bond donors (Lipinski definition) is 1. The number of H-pyrrole nitrogens is 1. The maximum absolute atomic E-state index is 12.6.